The lowest BCUT2D eigenvalue weighted by Crippen LogP contribution is -2.12. The smallest absolute Gasteiger partial charge is 0.159 e. The van der Waals surface area contributed by atoms with Crippen molar-refractivity contribution in [2.45, 2.75) is 0 Å². The predicted octanol–water partition coefficient (Wildman–Crippen LogP) is 22.0. The van der Waals surface area contributed by atoms with E-state index in [0.717, 1.165) is 144 Å². The highest BCUT2D eigenvalue weighted by Crippen LogP contribution is 2.52. The van der Waals surface area contributed by atoms with Crippen LogP contribution in [-0.2, 0) is 0 Å². The first kappa shape index (κ1) is 45.5. The molecule has 0 aliphatic heterocycles. The average Bonchev–Trinajstić information content (AvgIpc) is 4.25. The van der Waals surface area contributed by atoms with Gasteiger partial charge in [0.2, 0.25) is 0 Å². The summed E-state index contributed by atoms with van der Waals surface area (Å²) in [6, 6.07) is 105. The third kappa shape index (κ3) is 7.45. The third-order valence-electron chi connectivity index (χ3n) is 16.1. The van der Waals surface area contributed by atoms with Gasteiger partial charge in [-0.1, -0.05) is 218 Å². The minimum absolute atomic E-state index is 0.830. The van der Waals surface area contributed by atoms with Crippen LogP contribution in [-0.4, -0.2) is 0 Å². The zero-order chi connectivity index (χ0) is 52.7. The molecule has 0 amide bonds. The molecule has 80 heavy (non-hydrogen) atoms. The molecule has 16 rings (SSSR count). The normalized spacial score (nSPS) is 11.8. The van der Waals surface area contributed by atoms with Crippen molar-refractivity contribution < 1.29 is 8.83 Å². The van der Waals surface area contributed by atoms with Gasteiger partial charge < -0.3 is 18.6 Å². The first-order chi connectivity index (χ1) is 39.7. The SMILES string of the molecule is c1ccc(-c2cc(-c3ccccc3)cc(N(c3ccc4ccc5c(N(c6cc(-c7ccccc7)cc(-c7ccccc7)c6)c6cccc7c6oc6ccccc67)ccc6ccc3c4c65)c3cccc4c3oc3ccccc34)c2)cc1. The van der Waals surface area contributed by atoms with Gasteiger partial charge >= 0.3 is 0 Å². The maximum atomic E-state index is 6.96. The molecular formula is C76H48N2O2. The van der Waals surface area contributed by atoms with E-state index in [-0.39, 0.29) is 0 Å². The van der Waals surface area contributed by atoms with Gasteiger partial charge in [-0.3, -0.25) is 0 Å². The van der Waals surface area contributed by atoms with Crippen LogP contribution in [0.5, 0.6) is 0 Å². The van der Waals surface area contributed by atoms with Gasteiger partial charge in [0.05, 0.1) is 22.7 Å². The van der Waals surface area contributed by atoms with E-state index in [1.807, 2.05) is 12.1 Å². The molecule has 0 fully saturated rings. The largest absolute Gasteiger partial charge is 0.454 e. The molecule has 0 aliphatic rings. The van der Waals surface area contributed by atoms with Gasteiger partial charge in [0.1, 0.15) is 11.2 Å². The number of benzene rings is 14. The number of nitrogens with zero attached hydrogens (tertiary/aromatic N) is 2. The van der Waals surface area contributed by atoms with Crippen molar-refractivity contribution in [2.75, 3.05) is 9.80 Å². The zero-order valence-electron chi connectivity index (χ0n) is 43.4. The van der Waals surface area contributed by atoms with Crippen LogP contribution < -0.4 is 9.80 Å². The average molecular weight is 1020 g/mol. The van der Waals surface area contributed by atoms with Crippen molar-refractivity contribution in [3.63, 3.8) is 0 Å². The second-order valence-electron chi connectivity index (χ2n) is 20.8. The molecule has 0 unspecified atom stereocenters. The molecular weight excluding hydrogens is 973 g/mol. The lowest BCUT2D eigenvalue weighted by Gasteiger charge is -2.30. The van der Waals surface area contributed by atoms with Crippen molar-refractivity contribution in [1.29, 1.82) is 0 Å². The monoisotopic (exact) mass is 1020 g/mol. The Balaban J connectivity index is 0.980. The van der Waals surface area contributed by atoms with Crippen molar-refractivity contribution in [3.8, 4) is 44.5 Å². The van der Waals surface area contributed by atoms with Crippen LogP contribution in [0.3, 0.4) is 0 Å². The van der Waals surface area contributed by atoms with E-state index in [1.54, 1.807) is 0 Å². The van der Waals surface area contributed by atoms with Gasteiger partial charge in [0.25, 0.3) is 0 Å². The molecule has 0 saturated carbocycles. The van der Waals surface area contributed by atoms with Gasteiger partial charge in [-0.25, -0.2) is 0 Å². The summed E-state index contributed by atoms with van der Waals surface area (Å²) < 4.78 is 13.9. The number of anilines is 6. The summed E-state index contributed by atoms with van der Waals surface area (Å²) in [5.41, 5.74) is 18.5. The van der Waals surface area contributed by atoms with Crippen LogP contribution in [0.25, 0.3) is 121 Å². The van der Waals surface area contributed by atoms with Crippen LogP contribution in [0.1, 0.15) is 0 Å². The third-order valence-corrected chi connectivity index (χ3v) is 16.1. The van der Waals surface area contributed by atoms with Crippen molar-refractivity contribution in [2.24, 2.45) is 0 Å². The van der Waals surface area contributed by atoms with E-state index >= 15 is 0 Å². The minimum atomic E-state index is 0.830. The zero-order valence-corrected chi connectivity index (χ0v) is 43.4. The maximum Gasteiger partial charge on any atom is 0.159 e. The summed E-state index contributed by atoms with van der Waals surface area (Å²) in [4.78, 5) is 4.87. The van der Waals surface area contributed by atoms with Gasteiger partial charge in [-0.15, -0.1) is 0 Å². The van der Waals surface area contributed by atoms with Crippen molar-refractivity contribution in [1.82, 2.24) is 0 Å². The molecule has 2 aromatic heterocycles. The van der Waals surface area contributed by atoms with Gasteiger partial charge in [0.15, 0.2) is 11.2 Å². The number of hydrogen-bond donors (Lipinski definition) is 0. The predicted molar refractivity (Wildman–Crippen MR) is 336 cm³/mol. The van der Waals surface area contributed by atoms with Crippen molar-refractivity contribution >= 4 is 110 Å². The fraction of sp³-hybridized carbons (Fsp3) is 0. The molecule has 0 spiro atoms. The Morgan fingerprint density at radius 1 is 0.212 bits per heavy atom. The van der Waals surface area contributed by atoms with E-state index in [9.17, 15) is 0 Å². The highest BCUT2D eigenvalue weighted by Gasteiger charge is 2.27. The van der Waals surface area contributed by atoms with Crippen LogP contribution >= 0.6 is 0 Å². The van der Waals surface area contributed by atoms with E-state index in [2.05, 4.69) is 289 Å². The highest BCUT2D eigenvalue weighted by molar-refractivity contribution is 6.29. The summed E-state index contributed by atoms with van der Waals surface area (Å²) in [5.74, 6) is 0. The minimum Gasteiger partial charge on any atom is -0.454 e. The molecule has 0 N–H and O–H groups in total. The lowest BCUT2D eigenvalue weighted by atomic mass is 9.91. The van der Waals surface area contributed by atoms with E-state index in [0.29, 0.717) is 0 Å². The summed E-state index contributed by atoms with van der Waals surface area (Å²) in [6.07, 6.45) is 0. The van der Waals surface area contributed by atoms with Gasteiger partial charge in [0, 0.05) is 43.7 Å². The number of rotatable bonds is 10. The molecule has 14 aromatic carbocycles. The topological polar surface area (TPSA) is 32.8 Å². The Bertz CT molecular complexity index is 4570. The first-order valence-electron chi connectivity index (χ1n) is 27.3. The Hall–Kier alpha value is -10.7. The lowest BCUT2D eigenvalue weighted by molar-refractivity contribution is 0.669. The molecule has 0 bridgehead atoms. The molecule has 2 heterocycles. The molecule has 4 heteroatoms. The number of furan rings is 2. The summed E-state index contributed by atoms with van der Waals surface area (Å²) in [7, 11) is 0. The first-order valence-corrected chi connectivity index (χ1v) is 27.3. The van der Waals surface area contributed by atoms with E-state index in [4.69, 9.17) is 8.83 Å². The molecule has 0 aliphatic carbocycles. The molecule has 0 radical (unpaired) electrons. The summed E-state index contributed by atoms with van der Waals surface area (Å²) in [6.45, 7) is 0. The van der Waals surface area contributed by atoms with Crippen LogP contribution in [0.2, 0.25) is 0 Å². The molecule has 0 saturated heterocycles. The standard InChI is InChI=1S/C76H48N2O2/c1-5-19-49(20-6-1)55-43-56(50-21-7-2-8-22-50)46-59(45-55)77(69-31-17-29-63-61-27-13-15-33-71(61)79-75(63)69)67-41-37-53-36-40-66-68(42-38-54-35-39-65(67)73(53)74(54)66)78(70-32-18-30-64-62-28-14-16-34-72(62)80-76(64)70)60-47-57(51-23-9-3-10-24-51)44-58(48-60)52-25-11-4-12-26-52/h1-48H. The Morgan fingerprint density at radius 2 is 0.537 bits per heavy atom. The van der Waals surface area contributed by atoms with Crippen LogP contribution in [0.15, 0.2) is 300 Å². The van der Waals surface area contributed by atoms with Crippen LogP contribution in [0.4, 0.5) is 34.1 Å². The van der Waals surface area contributed by atoms with Gasteiger partial charge in [-0.05, 0) is 139 Å². The number of hydrogen-bond acceptors (Lipinski definition) is 4. The summed E-state index contributed by atoms with van der Waals surface area (Å²) in [5, 5.41) is 11.3. The number of fused-ring (bicyclic) bond motifs is 6. The number of para-hydroxylation sites is 4. The maximum absolute atomic E-state index is 6.96. The fourth-order valence-corrected chi connectivity index (χ4v) is 12.5. The fourth-order valence-electron chi connectivity index (χ4n) is 12.5. The van der Waals surface area contributed by atoms with Gasteiger partial charge in [-0.2, -0.15) is 0 Å². The van der Waals surface area contributed by atoms with Crippen molar-refractivity contribution in [3.05, 3.63) is 291 Å². The van der Waals surface area contributed by atoms with E-state index in [1.165, 1.54) is 10.8 Å². The Labute approximate surface area is 462 Å². The quantitative estimate of drug-likeness (QED) is 0.128. The highest BCUT2D eigenvalue weighted by atomic mass is 16.3. The molecule has 4 nitrogen and oxygen atoms in total. The Kier molecular flexibility index (Phi) is 10.5. The summed E-state index contributed by atoms with van der Waals surface area (Å²) >= 11 is 0. The second-order valence-corrected chi connectivity index (χ2v) is 20.8. The molecule has 16 aromatic rings. The second kappa shape index (κ2) is 18.5. The molecule has 0 atom stereocenters. The van der Waals surface area contributed by atoms with Crippen LogP contribution in [0, 0.1) is 0 Å². The van der Waals surface area contributed by atoms with E-state index < -0.39 is 0 Å². The molecule has 374 valence electrons. The Morgan fingerprint density at radius 3 is 0.912 bits per heavy atom.